The van der Waals surface area contributed by atoms with E-state index in [1.165, 1.54) is 51.4 Å². The van der Waals surface area contributed by atoms with Crippen molar-refractivity contribution in [3.63, 3.8) is 0 Å². The quantitative estimate of drug-likeness (QED) is 0.0767. The molecule has 8 heteroatoms. The molecule has 0 fully saturated rings. The Kier molecular flexibility index (Phi) is 16.4. The number of carbonyl (C=O) groups excluding carboxylic acids is 3. The summed E-state index contributed by atoms with van der Waals surface area (Å²) in [5.74, 6) is -1.43. The number of amides is 1. The zero-order valence-corrected chi connectivity index (χ0v) is 25.2. The Balaban J connectivity index is 1.87. The molecule has 1 unspecified atom stereocenters. The van der Waals surface area contributed by atoms with Crippen LogP contribution >= 0.6 is 0 Å². The van der Waals surface area contributed by atoms with Gasteiger partial charge in [0.15, 0.2) is 6.54 Å². The van der Waals surface area contributed by atoms with Gasteiger partial charge in [0.1, 0.15) is 13.1 Å². The lowest BCUT2D eigenvalue weighted by molar-refractivity contribution is -0.945. The third kappa shape index (κ3) is 14.3. The topological polar surface area (TPSA) is 90.9 Å². The third-order valence-corrected chi connectivity index (χ3v) is 7.32. The molecule has 0 bridgehead atoms. The second kappa shape index (κ2) is 19.8. The lowest BCUT2D eigenvalue weighted by Gasteiger charge is -2.36. The predicted molar refractivity (Wildman–Crippen MR) is 159 cm³/mol. The van der Waals surface area contributed by atoms with Crippen LogP contribution in [-0.4, -0.2) is 42.0 Å². The fraction of sp³-hybridized carbons (Fsp3) is 0.545. The molecule has 0 saturated heterocycles. The fourth-order valence-corrected chi connectivity index (χ4v) is 4.94. The molecule has 0 saturated carbocycles. The number of carbonyl (C=O) groups is 3. The molecule has 0 radical (unpaired) electrons. The van der Waals surface area contributed by atoms with Crippen LogP contribution in [0.4, 0.5) is 0 Å². The van der Waals surface area contributed by atoms with Crippen LogP contribution in [0.5, 0.6) is 0 Å². The minimum Gasteiger partial charge on any atom is -0.352 e. The molecule has 41 heavy (non-hydrogen) atoms. The maximum atomic E-state index is 12.7. The van der Waals surface area contributed by atoms with Gasteiger partial charge in [-0.2, -0.15) is 0 Å². The lowest BCUT2D eigenvalue weighted by atomic mass is 10.1. The maximum absolute atomic E-state index is 12.7. The summed E-state index contributed by atoms with van der Waals surface area (Å²) in [5, 5.41) is 7.35. The Morgan fingerprint density at radius 3 is 1.83 bits per heavy atom. The first-order chi connectivity index (χ1) is 19.9. The summed E-state index contributed by atoms with van der Waals surface area (Å²) in [6.07, 6.45) is 12.6. The number of hydrogen-bond donors (Lipinski definition) is 1. The average Bonchev–Trinajstić information content (AvgIpc) is 2.96. The Hall–Kier alpha value is -3.23. The van der Waals surface area contributed by atoms with E-state index < -0.39 is 11.9 Å². The van der Waals surface area contributed by atoms with Crippen molar-refractivity contribution >= 4 is 17.8 Å². The molecule has 1 amide bonds. The van der Waals surface area contributed by atoms with Gasteiger partial charge in [-0.3, -0.25) is 14.6 Å². The van der Waals surface area contributed by atoms with Gasteiger partial charge in [0, 0.05) is 35.2 Å². The first-order valence-electron chi connectivity index (χ1n) is 15.2. The molecule has 0 aliphatic rings. The van der Waals surface area contributed by atoms with Crippen molar-refractivity contribution in [2.75, 3.05) is 19.6 Å². The van der Waals surface area contributed by atoms with Crippen LogP contribution in [-0.2, 0) is 37.5 Å². The summed E-state index contributed by atoms with van der Waals surface area (Å²) in [4.78, 5) is 45.1. The Labute approximate surface area is 245 Å². The number of benzene rings is 2. The van der Waals surface area contributed by atoms with E-state index in [9.17, 15) is 14.4 Å². The Bertz CT molecular complexity index is 1030. The van der Waals surface area contributed by atoms with Gasteiger partial charge in [0.05, 0.1) is 6.54 Å². The molecule has 2 aromatic rings. The molecule has 8 nitrogen and oxygen atoms in total. The van der Waals surface area contributed by atoms with Crippen molar-refractivity contribution in [2.45, 2.75) is 98.1 Å². The number of unbranched alkanes of at least 4 members (excludes halogenated alkanes) is 9. The molecule has 0 aliphatic carbocycles. The van der Waals surface area contributed by atoms with Gasteiger partial charge in [-0.1, -0.05) is 107 Å². The molecular formula is C33H49N2O6+. The highest BCUT2D eigenvalue weighted by atomic mass is 17.5. The maximum Gasteiger partial charge on any atom is 0.400 e. The van der Waals surface area contributed by atoms with Gasteiger partial charge in [-0.05, 0) is 25.5 Å². The molecule has 2 rings (SSSR count). The van der Waals surface area contributed by atoms with E-state index in [2.05, 4.69) is 27.1 Å². The van der Waals surface area contributed by atoms with Crippen LogP contribution in [0.1, 0.15) is 106 Å². The van der Waals surface area contributed by atoms with Crippen LogP contribution in [0.15, 0.2) is 54.6 Å². The van der Waals surface area contributed by atoms with Crippen molar-refractivity contribution in [2.24, 2.45) is 0 Å². The van der Waals surface area contributed by atoms with Gasteiger partial charge in [0.2, 0.25) is 0 Å². The molecule has 0 aliphatic heterocycles. The van der Waals surface area contributed by atoms with Crippen molar-refractivity contribution in [1.82, 2.24) is 5.32 Å². The highest BCUT2D eigenvalue weighted by Crippen LogP contribution is 2.21. The van der Waals surface area contributed by atoms with Crippen LogP contribution in [0.25, 0.3) is 0 Å². The molecule has 0 aromatic heterocycles. The van der Waals surface area contributed by atoms with E-state index in [1.54, 1.807) is 0 Å². The number of quaternary nitrogens is 1. The number of rotatable bonds is 21. The summed E-state index contributed by atoms with van der Waals surface area (Å²) in [6.45, 7) is 7.86. The molecule has 0 spiro atoms. The van der Waals surface area contributed by atoms with Gasteiger partial charge < -0.3 is 9.80 Å². The highest BCUT2D eigenvalue weighted by Gasteiger charge is 2.31. The van der Waals surface area contributed by atoms with Crippen molar-refractivity contribution in [3.8, 4) is 0 Å². The zero-order chi connectivity index (χ0) is 29.8. The largest absolute Gasteiger partial charge is 0.400 e. The summed E-state index contributed by atoms with van der Waals surface area (Å²) >= 11 is 0. The SMILES string of the molecule is CCCCCCCCCCCCNC(=O)c1ccc(C[N+](CC)(CC(=O)OOOC(C)=O)Cc2ccccc2)cc1. The van der Waals surface area contributed by atoms with Crippen LogP contribution in [0.2, 0.25) is 0 Å². The molecule has 1 atom stereocenters. The van der Waals surface area contributed by atoms with Crippen molar-refractivity contribution < 1.29 is 33.7 Å². The zero-order valence-electron chi connectivity index (χ0n) is 25.2. The summed E-state index contributed by atoms with van der Waals surface area (Å²) in [6, 6.07) is 17.4. The fourth-order valence-electron chi connectivity index (χ4n) is 4.94. The number of nitrogens with zero attached hydrogens (tertiary/aromatic N) is 1. The van der Waals surface area contributed by atoms with E-state index in [0.29, 0.717) is 36.2 Å². The van der Waals surface area contributed by atoms with Crippen LogP contribution in [0.3, 0.4) is 0 Å². The summed E-state index contributed by atoms with van der Waals surface area (Å²) in [5.41, 5.74) is 2.68. The van der Waals surface area contributed by atoms with Crippen molar-refractivity contribution in [1.29, 1.82) is 0 Å². The second-order valence-corrected chi connectivity index (χ2v) is 10.9. The van der Waals surface area contributed by atoms with E-state index >= 15 is 0 Å². The van der Waals surface area contributed by atoms with Gasteiger partial charge in [-0.25, -0.2) is 9.59 Å². The van der Waals surface area contributed by atoms with Crippen LogP contribution < -0.4 is 5.32 Å². The van der Waals surface area contributed by atoms with Gasteiger partial charge >= 0.3 is 11.9 Å². The molecule has 2 aromatic carbocycles. The van der Waals surface area contributed by atoms with E-state index in [-0.39, 0.29) is 12.5 Å². The minimum atomic E-state index is -0.717. The Morgan fingerprint density at radius 2 is 1.27 bits per heavy atom. The Morgan fingerprint density at radius 1 is 0.707 bits per heavy atom. The smallest absolute Gasteiger partial charge is 0.352 e. The highest BCUT2D eigenvalue weighted by molar-refractivity contribution is 5.94. The molecule has 0 heterocycles. The van der Waals surface area contributed by atoms with Gasteiger partial charge in [-0.15, -0.1) is 0 Å². The number of likely N-dealkylation sites (N-methyl/N-ethyl adjacent to an activating group) is 1. The number of hydrogen-bond acceptors (Lipinski definition) is 6. The average molecular weight is 570 g/mol. The van der Waals surface area contributed by atoms with Crippen molar-refractivity contribution in [3.05, 3.63) is 71.3 Å². The normalized spacial score (nSPS) is 12.4. The van der Waals surface area contributed by atoms with E-state index in [1.807, 2.05) is 61.5 Å². The third-order valence-electron chi connectivity index (χ3n) is 7.32. The standard InChI is InChI=1S/C33H48N2O6/c1-4-6-7-8-9-10-11-12-13-17-24-34-33(38)31-22-20-30(21-23-31)26-35(5-2,25-29-18-15-14-16-19-29)27-32(37)40-41-39-28(3)36/h14-16,18-23H,4-13,17,24-27H2,1-3H3/p+1. The summed E-state index contributed by atoms with van der Waals surface area (Å²) in [7, 11) is 0. The van der Waals surface area contributed by atoms with Gasteiger partial charge in [0.25, 0.3) is 5.91 Å². The first kappa shape index (κ1) is 34.0. The minimum absolute atomic E-state index is 0.00769. The van der Waals surface area contributed by atoms with E-state index in [0.717, 1.165) is 30.9 Å². The number of nitrogens with one attached hydrogen (secondary N) is 1. The van der Waals surface area contributed by atoms with E-state index in [4.69, 9.17) is 0 Å². The monoisotopic (exact) mass is 569 g/mol. The lowest BCUT2D eigenvalue weighted by Crippen LogP contribution is -2.50. The first-order valence-corrected chi connectivity index (χ1v) is 15.2. The summed E-state index contributed by atoms with van der Waals surface area (Å²) < 4.78 is 0.358. The van der Waals surface area contributed by atoms with Crippen LogP contribution in [0, 0.1) is 0 Å². The predicted octanol–water partition coefficient (Wildman–Crippen LogP) is 6.83. The second-order valence-electron chi connectivity index (χ2n) is 10.9. The molecule has 1 N–H and O–H groups in total. The molecule has 226 valence electrons. The molecular weight excluding hydrogens is 520 g/mol.